The molecule has 2 N–H and O–H groups in total. The third kappa shape index (κ3) is 4.21. The van der Waals surface area contributed by atoms with E-state index in [2.05, 4.69) is 10.6 Å². The molecule has 1 fully saturated rings. The van der Waals surface area contributed by atoms with Crippen LogP contribution in [0.4, 0.5) is 14.5 Å². The number of carbonyl (C=O) groups is 1. The predicted molar refractivity (Wildman–Crippen MR) is 77.6 cm³/mol. The number of carbonyl (C=O) groups excluding carboxylic acids is 1. The highest BCUT2D eigenvalue weighted by Gasteiger charge is 2.26. The Morgan fingerprint density at radius 3 is 2.36 bits per heavy atom. The van der Waals surface area contributed by atoms with E-state index >= 15 is 0 Å². The molecule has 0 saturated carbocycles. The number of piperazine rings is 1. The molecule has 0 atom stereocenters. The van der Waals surface area contributed by atoms with Gasteiger partial charge in [0.25, 0.3) is 0 Å². The first-order valence-electron chi connectivity index (χ1n) is 6.74. The standard InChI is InChI=1S/C13H17F2N3O3S/c14-13(15)22(20,21)11-3-1-10(2-4-11)17-12(19)9-18-7-5-16-6-8-18/h1-4,13,16H,5-9H2,(H,17,19). The lowest BCUT2D eigenvalue weighted by Crippen LogP contribution is -2.46. The molecule has 0 spiro atoms. The van der Waals surface area contributed by atoms with E-state index in [0.717, 1.165) is 38.3 Å². The molecule has 1 heterocycles. The number of nitrogens with one attached hydrogen (secondary N) is 2. The SMILES string of the molecule is O=C(CN1CCNCC1)Nc1ccc(S(=O)(=O)C(F)F)cc1. The molecule has 22 heavy (non-hydrogen) atoms. The summed E-state index contributed by atoms with van der Waals surface area (Å²) in [6, 6.07) is 4.71. The zero-order chi connectivity index (χ0) is 16.2. The monoisotopic (exact) mass is 333 g/mol. The van der Waals surface area contributed by atoms with Crippen molar-refractivity contribution >= 4 is 21.4 Å². The number of rotatable bonds is 5. The molecule has 1 aliphatic rings. The molecule has 1 aliphatic heterocycles. The van der Waals surface area contributed by atoms with E-state index in [1.54, 1.807) is 0 Å². The van der Waals surface area contributed by atoms with Crippen LogP contribution in [-0.4, -0.2) is 57.7 Å². The van der Waals surface area contributed by atoms with Gasteiger partial charge in [-0.1, -0.05) is 0 Å². The van der Waals surface area contributed by atoms with Crippen molar-refractivity contribution in [3.05, 3.63) is 24.3 Å². The molecule has 0 bridgehead atoms. The van der Waals surface area contributed by atoms with Crippen LogP contribution >= 0.6 is 0 Å². The lowest BCUT2D eigenvalue weighted by molar-refractivity contribution is -0.117. The number of nitrogens with zero attached hydrogens (tertiary/aromatic N) is 1. The lowest BCUT2D eigenvalue weighted by Gasteiger charge is -2.26. The summed E-state index contributed by atoms with van der Waals surface area (Å²) in [5.74, 6) is -3.69. The van der Waals surface area contributed by atoms with Crippen molar-refractivity contribution in [3.8, 4) is 0 Å². The maximum absolute atomic E-state index is 12.4. The number of sulfone groups is 1. The van der Waals surface area contributed by atoms with Gasteiger partial charge in [-0.15, -0.1) is 0 Å². The highest BCUT2D eigenvalue weighted by Crippen LogP contribution is 2.20. The number of amides is 1. The molecule has 0 radical (unpaired) electrons. The first-order valence-corrected chi connectivity index (χ1v) is 8.29. The van der Waals surface area contributed by atoms with E-state index in [4.69, 9.17) is 0 Å². The molecule has 1 saturated heterocycles. The fraction of sp³-hybridized carbons (Fsp3) is 0.462. The van der Waals surface area contributed by atoms with Crippen molar-refractivity contribution < 1.29 is 22.0 Å². The highest BCUT2D eigenvalue weighted by molar-refractivity contribution is 7.91. The second-order valence-corrected chi connectivity index (χ2v) is 6.82. The number of hydrogen-bond acceptors (Lipinski definition) is 5. The van der Waals surface area contributed by atoms with Gasteiger partial charge in [0.05, 0.1) is 11.4 Å². The third-order valence-corrected chi connectivity index (χ3v) is 4.68. The topological polar surface area (TPSA) is 78.5 Å². The lowest BCUT2D eigenvalue weighted by atomic mass is 10.3. The number of alkyl halides is 2. The van der Waals surface area contributed by atoms with Gasteiger partial charge in [-0.3, -0.25) is 9.69 Å². The van der Waals surface area contributed by atoms with Gasteiger partial charge in [-0.25, -0.2) is 8.42 Å². The van der Waals surface area contributed by atoms with Crippen molar-refractivity contribution in [2.75, 3.05) is 38.0 Å². The molecule has 1 aromatic rings. The Morgan fingerprint density at radius 2 is 1.82 bits per heavy atom. The summed E-state index contributed by atoms with van der Waals surface area (Å²) >= 11 is 0. The predicted octanol–water partition coefficient (Wildman–Crippen LogP) is 0.527. The van der Waals surface area contributed by atoms with E-state index in [1.165, 1.54) is 12.1 Å². The molecule has 1 amide bonds. The van der Waals surface area contributed by atoms with Gasteiger partial charge in [0.1, 0.15) is 0 Å². The fourth-order valence-electron chi connectivity index (χ4n) is 2.10. The van der Waals surface area contributed by atoms with Crippen molar-refractivity contribution in [1.29, 1.82) is 0 Å². The molecule has 1 aromatic carbocycles. The Hall–Kier alpha value is -1.58. The van der Waals surface area contributed by atoms with E-state index in [9.17, 15) is 22.0 Å². The van der Waals surface area contributed by atoms with E-state index in [1.807, 2.05) is 4.90 Å². The minimum atomic E-state index is -4.61. The minimum Gasteiger partial charge on any atom is -0.325 e. The van der Waals surface area contributed by atoms with Crippen molar-refractivity contribution in [3.63, 3.8) is 0 Å². The van der Waals surface area contributed by atoms with Gasteiger partial charge in [-0.05, 0) is 24.3 Å². The number of anilines is 1. The minimum absolute atomic E-state index is 0.230. The number of halogens is 2. The zero-order valence-corrected chi connectivity index (χ0v) is 12.6. The molecular weight excluding hydrogens is 316 g/mol. The Morgan fingerprint density at radius 1 is 1.23 bits per heavy atom. The largest absolute Gasteiger partial charge is 0.341 e. The first-order chi connectivity index (χ1) is 10.4. The van der Waals surface area contributed by atoms with Gasteiger partial charge in [0, 0.05) is 31.9 Å². The van der Waals surface area contributed by atoms with Crippen molar-refractivity contribution in [1.82, 2.24) is 10.2 Å². The third-order valence-electron chi connectivity index (χ3n) is 3.28. The summed E-state index contributed by atoms with van der Waals surface area (Å²) in [4.78, 5) is 13.4. The van der Waals surface area contributed by atoms with Crippen LogP contribution < -0.4 is 10.6 Å². The Bertz CT molecular complexity index is 614. The van der Waals surface area contributed by atoms with Gasteiger partial charge in [-0.2, -0.15) is 8.78 Å². The summed E-state index contributed by atoms with van der Waals surface area (Å²) < 4.78 is 47.4. The van der Waals surface area contributed by atoms with Crippen molar-refractivity contribution in [2.45, 2.75) is 10.7 Å². The summed E-state index contributed by atoms with van der Waals surface area (Å²) in [7, 11) is -4.61. The fourth-order valence-corrected chi connectivity index (χ4v) is 2.82. The van der Waals surface area contributed by atoms with Crippen molar-refractivity contribution in [2.24, 2.45) is 0 Å². The van der Waals surface area contributed by atoms with Gasteiger partial charge in [0.15, 0.2) is 0 Å². The molecule has 0 aliphatic carbocycles. The van der Waals surface area contributed by atoms with Gasteiger partial charge in [0.2, 0.25) is 15.7 Å². The van der Waals surface area contributed by atoms with Crippen LogP contribution in [0.25, 0.3) is 0 Å². The van der Waals surface area contributed by atoms with Crippen LogP contribution in [0, 0.1) is 0 Å². The van der Waals surface area contributed by atoms with Crippen LogP contribution in [0.5, 0.6) is 0 Å². The molecule has 122 valence electrons. The number of benzene rings is 1. The zero-order valence-electron chi connectivity index (χ0n) is 11.8. The second-order valence-electron chi connectivity index (χ2n) is 4.90. The van der Waals surface area contributed by atoms with Crippen LogP contribution in [0.3, 0.4) is 0 Å². The van der Waals surface area contributed by atoms with Gasteiger partial charge >= 0.3 is 5.76 Å². The molecular formula is C13H17F2N3O3S. The Labute approximate surface area is 127 Å². The van der Waals surface area contributed by atoms with E-state index in [-0.39, 0.29) is 12.5 Å². The smallest absolute Gasteiger partial charge is 0.325 e. The maximum Gasteiger partial charge on any atom is 0.341 e. The summed E-state index contributed by atoms with van der Waals surface area (Å²) in [5.41, 5.74) is 0.369. The average Bonchev–Trinajstić information content (AvgIpc) is 2.48. The Balaban J connectivity index is 1.95. The molecule has 2 rings (SSSR count). The first kappa shape index (κ1) is 16.8. The van der Waals surface area contributed by atoms with Crippen LogP contribution in [0.1, 0.15) is 0 Å². The van der Waals surface area contributed by atoms with Crippen LogP contribution in [-0.2, 0) is 14.6 Å². The highest BCUT2D eigenvalue weighted by atomic mass is 32.2. The molecule has 6 nitrogen and oxygen atoms in total. The normalized spacial score (nSPS) is 16.7. The quantitative estimate of drug-likeness (QED) is 0.822. The maximum atomic E-state index is 12.4. The summed E-state index contributed by atoms with van der Waals surface area (Å²) in [5, 5.41) is 5.79. The summed E-state index contributed by atoms with van der Waals surface area (Å²) in [6.45, 7) is 3.44. The second kappa shape index (κ2) is 7.12. The van der Waals surface area contributed by atoms with Gasteiger partial charge < -0.3 is 10.6 Å². The molecule has 0 aromatic heterocycles. The van der Waals surface area contributed by atoms with E-state index < -0.39 is 20.5 Å². The number of hydrogen-bond donors (Lipinski definition) is 2. The average molecular weight is 333 g/mol. The molecule has 9 heteroatoms. The van der Waals surface area contributed by atoms with E-state index in [0.29, 0.717) is 5.69 Å². The molecule has 0 unspecified atom stereocenters. The summed E-state index contributed by atoms with van der Waals surface area (Å²) in [6.07, 6.45) is 0. The Kier molecular flexibility index (Phi) is 5.43. The van der Waals surface area contributed by atoms with Crippen LogP contribution in [0.15, 0.2) is 29.2 Å². The van der Waals surface area contributed by atoms with Crippen LogP contribution in [0.2, 0.25) is 0 Å².